The van der Waals surface area contributed by atoms with E-state index in [0.717, 1.165) is 0 Å². The summed E-state index contributed by atoms with van der Waals surface area (Å²) >= 11 is 5.80. The number of nitrogens with zero attached hydrogens (tertiary/aromatic N) is 2. The number of furan rings is 1. The highest BCUT2D eigenvalue weighted by molar-refractivity contribution is 6.30. The van der Waals surface area contributed by atoms with Gasteiger partial charge in [-0.2, -0.15) is 5.10 Å². The molecule has 0 aliphatic carbocycles. The molecule has 2 aromatic carbocycles. The second kappa shape index (κ2) is 8.45. The zero-order valence-electron chi connectivity index (χ0n) is 14.3. The topological polar surface area (TPSA) is 97.7 Å². The predicted octanol–water partition coefficient (Wildman–Crippen LogP) is 4.34. The molecular weight excluding hydrogens is 389 g/mol. The highest BCUT2D eigenvalue weighted by Crippen LogP contribution is 2.33. The zero-order valence-corrected chi connectivity index (χ0v) is 15.0. The number of rotatable bonds is 6. The number of nitrogens with one attached hydrogen (secondary N) is 1. The first kappa shape index (κ1) is 19.2. The maximum atomic E-state index is 12.8. The highest BCUT2D eigenvalue weighted by Gasteiger charge is 2.18. The van der Waals surface area contributed by atoms with E-state index in [9.17, 15) is 19.3 Å². The van der Waals surface area contributed by atoms with Crippen LogP contribution in [0.4, 0.5) is 10.1 Å². The SMILES string of the molecule is O=C(Cc1ccc(F)cc1)N/N=C/c1ccc(-c2ccc(Cl)cc2[N+](=O)[O-])o1. The predicted molar refractivity (Wildman–Crippen MR) is 102 cm³/mol. The minimum Gasteiger partial charge on any atom is -0.455 e. The van der Waals surface area contributed by atoms with Crippen molar-refractivity contribution in [1.29, 1.82) is 0 Å². The van der Waals surface area contributed by atoms with Gasteiger partial charge in [0, 0.05) is 11.1 Å². The van der Waals surface area contributed by atoms with E-state index < -0.39 is 4.92 Å². The van der Waals surface area contributed by atoms with E-state index in [1.807, 2.05) is 0 Å². The van der Waals surface area contributed by atoms with Crippen LogP contribution in [-0.4, -0.2) is 17.0 Å². The largest absolute Gasteiger partial charge is 0.455 e. The summed E-state index contributed by atoms with van der Waals surface area (Å²) in [5, 5.41) is 15.2. The third-order valence-corrected chi connectivity index (χ3v) is 3.94. The number of hydrogen-bond acceptors (Lipinski definition) is 5. The number of hydrogen-bond donors (Lipinski definition) is 1. The van der Waals surface area contributed by atoms with Crippen molar-refractivity contribution in [3.05, 3.63) is 86.9 Å². The summed E-state index contributed by atoms with van der Waals surface area (Å²) < 4.78 is 18.4. The van der Waals surface area contributed by atoms with Gasteiger partial charge in [-0.25, -0.2) is 9.82 Å². The first-order valence-electron chi connectivity index (χ1n) is 8.03. The number of carbonyl (C=O) groups is 1. The first-order valence-corrected chi connectivity index (χ1v) is 8.40. The Morgan fingerprint density at radius 3 is 2.68 bits per heavy atom. The van der Waals surface area contributed by atoms with Crippen molar-refractivity contribution >= 4 is 29.4 Å². The molecule has 1 N–H and O–H groups in total. The van der Waals surface area contributed by atoms with Crippen LogP contribution < -0.4 is 5.43 Å². The Labute approximate surface area is 163 Å². The lowest BCUT2D eigenvalue weighted by atomic mass is 10.1. The van der Waals surface area contributed by atoms with Crippen LogP contribution in [0.3, 0.4) is 0 Å². The number of amides is 1. The molecule has 0 saturated heterocycles. The normalized spacial score (nSPS) is 10.9. The van der Waals surface area contributed by atoms with Crippen molar-refractivity contribution in [3.63, 3.8) is 0 Å². The first-order chi connectivity index (χ1) is 13.4. The van der Waals surface area contributed by atoms with Gasteiger partial charge in [-0.05, 0) is 42.0 Å². The lowest BCUT2D eigenvalue weighted by Crippen LogP contribution is -2.19. The van der Waals surface area contributed by atoms with Gasteiger partial charge in [0.05, 0.1) is 23.1 Å². The van der Waals surface area contributed by atoms with E-state index in [0.29, 0.717) is 11.3 Å². The van der Waals surface area contributed by atoms with Crippen molar-refractivity contribution < 1.29 is 18.5 Å². The molecule has 1 amide bonds. The quantitative estimate of drug-likeness (QED) is 0.377. The maximum Gasteiger partial charge on any atom is 0.281 e. The lowest BCUT2D eigenvalue weighted by molar-refractivity contribution is -0.384. The molecule has 0 atom stereocenters. The summed E-state index contributed by atoms with van der Waals surface area (Å²) in [4.78, 5) is 22.5. The second-order valence-electron chi connectivity index (χ2n) is 5.72. The highest BCUT2D eigenvalue weighted by atomic mass is 35.5. The molecule has 0 saturated carbocycles. The van der Waals surface area contributed by atoms with Crippen LogP contribution in [0.2, 0.25) is 5.02 Å². The van der Waals surface area contributed by atoms with E-state index in [2.05, 4.69) is 10.5 Å². The molecule has 0 unspecified atom stereocenters. The molecule has 1 heterocycles. The number of nitro benzene ring substituents is 1. The van der Waals surface area contributed by atoms with Gasteiger partial charge in [0.15, 0.2) is 0 Å². The maximum absolute atomic E-state index is 12.8. The summed E-state index contributed by atoms with van der Waals surface area (Å²) in [6.07, 6.45) is 1.31. The fraction of sp³-hybridized carbons (Fsp3) is 0.0526. The molecule has 0 radical (unpaired) electrons. The Kier molecular flexibility index (Phi) is 5.81. The van der Waals surface area contributed by atoms with Crippen LogP contribution in [-0.2, 0) is 11.2 Å². The molecule has 0 aliphatic heterocycles. The third-order valence-electron chi connectivity index (χ3n) is 3.71. The van der Waals surface area contributed by atoms with Crippen LogP contribution in [0.25, 0.3) is 11.3 Å². The van der Waals surface area contributed by atoms with Crippen LogP contribution in [0, 0.1) is 15.9 Å². The molecule has 9 heteroatoms. The zero-order chi connectivity index (χ0) is 20.1. The van der Waals surface area contributed by atoms with Gasteiger partial charge in [0.2, 0.25) is 5.91 Å². The molecule has 28 heavy (non-hydrogen) atoms. The number of carbonyl (C=O) groups excluding carboxylic acids is 1. The number of benzene rings is 2. The Morgan fingerprint density at radius 1 is 1.21 bits per heavy atom. The number of hydrazone groups is 1. The minimum absolute atomic E-state index is 0.0397. The molecule has 0 aliphatic rings. The molecule has 3 aromatic rings. The van der Waals surface area contributed by atoms with Crippen LogP contribution in [0.1, 0.15) is 11.3 Å². The summed E-state index contributed by atoms with van der Waals surface area (Å²) in [7, 11) is 0. The average molecular weight is 402 g/mol. The number of halogens is 2. The van der Waals surface area contributed by atoms with Crippen molar-refractivity contribution in [2.24, 2.45) is 5.10 Å². The minimum atomic E-state index is -0.548. The Bertz CT molecular complexity index is 1050. The fourth-order valence-electron chi connectivity index (χ4n) is 2.43. The molecular formula is C19H13ClFN3O4. The Hall–Kier alpha value is -3.52. The molecule has 1 aromatic heterocycles. The summed E-state index contributed by atoms with van der Waals surface area (Å²) in [6, 6.07) is 12.9. The van der Waals surface area contributed by atoms with Gasteiger partial charge in [0.1, 0.15) is 17.3 Å². The van der Waals surface area contributed by atoms with E-state index in [-0.39, 0.29) is 40.2 Å². The molecule has 0 spiro atoms. The van der Waals surface area contributed by atoms with E-state index in [1.165, 1.54) is 48.7 Å². The molecule has 142 valence electrons. The second-order valence-corrected chi connectivity index (χ2v) is 6.15. The van der Waals surface area contributed by atoms with Crippen molar-refractivity contribution in [2.45, 2.75) is 6.42 Å². The fourth-order valence-corrected chi connectivity index (χ4v) is 2.59. The molecule has 0 fully saturated rings. The Balaban J connectivity index is 1.65. The number of nitro groups is 1. The molecule has 0 bridgehead atoms. The van der Waals surface area contributed by atoms with Crippen molar-refractivity contribution in [1.82, 2.24) is 5.43 Å². The standard InChI is InChI=1S/C19H13ClFN3O4/c20-13-3-7-16(17(10-13)24(26)27)18-8-6-15(28-18)11-22-23-19(25)9-12-1-4-14(21)5-2-12/h1-8,10-11H,9H2,(H,23,25)/b22-11+. The third kappa shape index (κ3) is 4.80. The van der Waals surface area contributed by atoms with Gasteiger partial charge < -0.3 is 4.42 Å². The van der Waals surface area contributed by atoms with Crippen molar-refractivity contribution in [3.8, 4) is 11.3 Å². The van der Waals surface area contributed by atoms with Gasteiger partial charge in [-0.1, -0.05) is 23.7 Å². The van der Waals surface area contributed by atoms with Gasteiger partial charge in [-0.15, -0.1) is 0 Å². The van der Waals surface area contributed by atoms with E-state index in [4.69, 9.17) is 16.0 Å². The smallest absolute Gasteiger partial charge is 0.281 e. The average Bonchev–Trinajstić information content (AvgIpc) is 3.12. The van der Waals surface area contributed by atoms with E-state index in [1.54, 1.807) is 12.1 Å². The monoisotopic (exact) mass is 401 g/mol. The van der Waals surface area contributed by atoms with E-state index >= 15 is 0 Å². The molecule has 3 rings (SSSR count). The van der Waals surface area contributed by atoms with Gasteiger partial charge in [0.25, 0.3) is 5.69 Å². The summed E-state index contributed by atoms with van der Waals surface area (Å²) in [6.45, 7) is 0. The Morgan fingerprint density at radius 2 is 1.96 bits per heavy atom. The molecule has 7 nitrogen and oxygen atoms in total. The van der Waals surface area contributed by atoms with Crippen LogP contribution in [0.5, 0.6) is 0 Å². The van der Waals surface area contributed by atoms with Crippen LogP contribution in [0.15, 0.2) is 64.1 Å². The van der Waals surface area contributed by atoms with Crippen molar-refractivity contribution in [2.75, 3.05) is 0 Å². The van der Waals surface area contributed by atoms with Gasteiger partial charge >= 0.3 is 0 Å². The lowest BCUT2D eigenvalue weighted by Gasteiger charge is -2.00. The van der Waals surface area contributed by atoms with Gasteiger partial charge in [-0.3, -0.25) is 14.9 Å². The van der Waals surface area contributed by atoms with Crippen LogP contribution >= 0.6 is 11.6 Å². The summed E-state index contributed by atoms with van der Waals surface area (Å²) in [5.41, 5.74) is 3.06. The summed E-state index contributed by atoms with van der Waals surface area (Å²) in [5.74, 6) is -0.205.